The van der Waals surface area contributed by atoms with Crippen LogP contribution in [0.3, 0.4) is 0 Å². The number of esters is 1. The zero-order valence-electron chi connectivity index (χ0n) is 20.5. The van der Waals surface area contributed by atoms with Crippen molar-refractivity contribution in [3.8, 4) is 17.2 Å². The summed E-state index contributed by atoms with van der Waals surface area (Å²) in [5.74, 6) is -3.25. The Hall–Kier alpha value is -2.57. The maximum absolute atomic E-state index is 12.3. The molecular formula is C23H32O15. The van der Waals surface area contributed by atoms with Gasteiger partial charge in [0.25, 0.3) is 0 Å². The number of rotatable bonds is 10. The number of methoxy groups -OCH3 is 2. The molecule has 2 saturated heterocycles. The number of aliphatic hydroxyl groups is 7. The van der Waals surface area contributed by atoms with Gasteiger partial charge in [0.1, 0.15) is 55.9 Å². The highest BCUT2D eigenvalue weighted by Gasteiger charge is 2.58. The molecule has 3 rings (SSSR count). The molecule has 0 aromatic heterocycles. The van der Waals surface area contributed by atoms with Crippen LogP contribution in [0.5, 0.6) is 17.2 Å². The van der Waals surface area contributed by atoms with E-state index in [0.717, 1.165) is 6.08 Å². The number of aliphatic hydroxyl groups excluding tert-OH is 7. The molecule has 15 nitrogen and oxygen atoms in total. The Morgan fingerprint density at radius 2 is 1.61 bits per heavy atom. The lowest BCUT2D eigenvalue weighted by molar-refractivity contribution is -0.383. The summed E-state index contributed by atoms with van der Waals surface area (Å²) in [5.41, 5.74) is 0.419. The van der Waals surface area contributed by atoms with Gasteiger partial charge in [-0.3, -0.25) is 0 Å². The van der Waals surface area contributed by atoms with E-state index >= 15 is 0 Å². The van der Waals surface area contributed by atoms with Gasteiger partial charge in [-0.25, -0.2) is 4.79 Å². The normalized spacial score (nSPS) is 35.4. The van der Waals surface area contributed by atoms with Crippen LogP contribution in [0.15, 0.2) is 18.2 Å². The highest BCUT2D eigenvalue weighted by Crippen LogP contribution is 2.38. The van der Waals surface area contributed by atoms with E-state index in [9.17, 15) is 45.6 Å². The first-order chi connectivity index (χ1) is 18.0. The topological polar surface area (TPSA) is 234 Å². The predicted octanol–water partition coefficient (Wildman–Crippen LogP) is -3.41. The first kappa shape index (κ1) is 30.0. The Morgan fingerprint density at radius 3 is 2.13 bits per heavy atom. The van der Waals surface area contributed by atoms with Gasteiger partial charge in [0.2, 0.25) is 11.5 Å². The lowest BCUT2D eigenvalue weighted by Crippen LogP contribution is -2.62. The van der Waals surface area contributed by atoms with E-state index in [1.54, 1.807) is 0 Å². The SMILES string of the molecule is COc1cc(/C=C/C(=O)OC[C@@H]2O[C@@H](O[C@@]3(CO)O[C@@H](CO)[C@H](O)[C@H]3O)[C@@H](O)[C@H](O)[C@H]2O)cc(OC)c1O. The van der Waals surface area contributed by atoms with Crippen molar-refractivity contribution in [3.63, 3.8) is 0 Å². The summed E-state index contributed by atoms with van der Waals surface area (Å²) in [6.45, 7) is -2.38. The van der Waals surface area contributed by atoms with E-state index in [-0.39, 0.29) is 17.2 Å². The third-order valence-electron chi connectivity index (χ3n) is 6.19. The summed E-state index contributed by atoms with van der Waals surface area (Å²) in [5, 5.41) is 80.2. The molecule has 2 aliphatic heterocycles. The van der Waals surface area contributed by atoms with Crippen molar-refractivity contribution in [1.82, 2.24) is 0 Å². The number of benzene rings is 1. The number of ether oxygens (including phenoxy) is 6. The summed E-state index contributed by atoms with van der Waals surface area (Å²) in [6.07, 6.45) is -11.2. The van der Waals surface area contributed by atoms with Crippen molar-refractivity contribution in [2.45, 2.75) is 54.8 Å². The molecule has 2 heterocycles. The molecule has 0 amide bonds. The molecule has 15 heteroatoms. The highest BCUT2D eigenvalue weighted by molar-refractivity contribution is 5.87. The fraction of sp³-hybridized carbons (Fsp3) is 0.609. The average molecular weight is 548 g/mol. The Balaban J connectivity index is 1.66. The zero-order chi connectivity index (χ0) is 28.2. The second-order valence-electron chi connectivity index (χ2n) is 8.61. The van der Waals surface area contributed by atoms with Gasteiger partial charge in [-0.05, 0) is 23.8 Å². The van der Waals surface area contributed by atoms with Crippen LogP contribution in [0, 0.1) is 0 Å². The quantitative estimate of drug-likeness (QED) is 0.105. The lowest BCUT2D eigenvalue weighted by atomic mass is 9.99. The van der Waals surface area contributed by atoms with Crippen LogP contribution in [0.2, 0.25) is 0 Å². The van der Waals surface area contributed by atoms with E-state index in [1.807, 2.05) is 0 Å². The number of phenols is 1. The van der Waals surface area contributed by atoms with Crippen molar-refractivity contribution in [1.29, 1.82) is 0 Å². The number of carbonyl (C=O) groups excluding carboxylic acids is 1. The van der Waals surface area contributed by atoms with Gasteiger partial charge in [0.15, 0.2) is 17.8 Å². The molecule has 0 saturated carbocycles. The van der Waals surface area contributed by atoms with Crippen molar-refractivity contribution >= 4 is 12.0 Å². The van der Waals surface area contributed by atoms with Crippen molar-refractivity contribution < 1.29 is 74.1 Å². The van der Waals surface area contributed by atoms with E-state index < -0.39 is 80.6 Å². The van der Waals surface area contributed by atoms with Gasteiger partial charge in [0.05, 0.1) is 20.8 Å². The smallest absolute Gasteiger partial charge is 0.330 e. The summed E-state index contributed by atoms with van der Waals surface area (Å²) in [7, 11) is 2.67. The van der Waals surface area contributed by atoms with Crippen LogP contribution in [0.4, 0.5) is 0 Å². The summed E-state index contributed by atoms with van der Waals surface area (Å²) in [4.78, 5) is 12.3. The first-order valence-corrected chi connectivity index (χ1v) is 11.4. The van der Waals surface area contributed by atoms with Gasteiger partial charge in [-0.2, -0.15) is 0 Å². The molecular weight excluding hydrogens is 516 g/mol. The Bertz CT molecular complexity index is 961. The second-order valence-corrected chi connectivity index (χ2v) is 8.61. The van der Waals surface area contributed by atoms with Gasteiger partial charge < -0.3 is 69.3 Å². The fourth-order valence-electron chi connectivity index (χ4n) is 4.00. The molecule has 0 spiro atoms. The Morgan fingerprint density at radius 1 is 0.974 bits per heavy atom. The van der Waals surface area contributed by atoms with Crippen LogP contribution >= 0.6 is 0 Å². The van der Waals surface area contributed by atoms with Crippen LogP contribution in [-0.2, 0) is 23.7 Å². The lowest BCUT2D eigenvalue weighted by Gasteiger charge is -2.43. The molecule has 0 radical (unpaired) electrons. The predicted molar refractivity (Wildman–Crippen MR) is 123 cm³/mol. The second kappa shape index (κ2) is 12.5. The largest absolute Gasteiger partial charge is 0.502 e. The molecule has 38 heavy (non-hydrogen) atoms. The molecule has 1 aromatic carbocycles. The van der Waals surface area contributed by atoms with Gasteiger partial charge >= 0.3 is 5.97 Å². The third kappa shape index (κ3) is 6.02. The summed E-state index contributed by atoms with van der Waals surface area (Å²) in [6, 6.07) is 2.87. The standard InChI is InChI=1S/C23H32O15/c1-33-11-5-10(6-12(34-2)16(11)27)3-4-15(26)35-8-14-17(28)19(30)20(31)22(36-14)38-23(9-25)21(32)18(29)13(7-24)37-23/h3-6,13-14,17-22,24-25,27-32H,7-9H2,1-2H3/b4-3+/t13-,14-,17-,18-,19+,20-,21+,22-,23+/m0/s1. The number of carbonyl (C=O) groups is 1. The molecule has 0 aliphatic carbocycles. The Kier molecular flexibility index (Phi) is 9.88. The third-order valence-corrected chi connectivity index (χ3v) is 6.19. The van der Waals surface area contributed by atoms with E-state index in [2.05, 4.69) is 0 Å². The van der Waals surface area contributed by atoms with E-state index in [1.165, 1.54) is 32.4 Å². The van der Waals surface area contributed by atoms with Crippen molar-refractivity contribution in [2.75, 3.05) is 34.0 Å². The van der Waals surface area contributed by atoms with Crippen molar-refractivity contribution in [3.05, 3.63) is 23.8 Å². The molecule has 1 aromatic rings. The van der Waals surface area contributed by atoms with Gasteiger partial charge in [0, 0.05) is 6.08 Å². The monoisotopic (exact) mass is 548 g/mol. The molecule has 214 valence electrons. The summed E-state index contributed by atoms with van der Waals surface area (Å²) >= 11 is 0. The zero-order valence-corrected chi connectivity index (χ0v) is 20.5. The fourth-order valence-corrected chi connectivity index (χ4v) is 4.00. The molecule has 0 unspecified atom stereocenters. The summed E-state index contributed by atoms with van der Waals surface area (Å²) < 4.78 is 31.2. The molecule has 2 aliphatic rings. The van der Waals surface area contributed by atoms with Crippen LogP contribution < -0.4 is 9.47 Å². The van der Waals surface area contributed by atoms with Crippen LogP contribution in [0.1, 0.15) is 5.56 Å². The number of hydrogen-bond donors (Lipinski definition) is 8. The molecule has 2 fully saturated rings. The first-order valence-electron chi connectivity index (χ1n) is 11.4. The maximum Gasteiger partial charge on any atom is 0.330 e. The maximum atomic E-state index is 12.3. The van der Waals surface area contributed by atoms with E-state index in [0.29, 0.717) is 5.56 Å². The minimum Gasteiger partial charge on any atom is -0.502 e. The number of phenolic OH excluding ortho intramolecular Hbond substituents is 1. The average Bonchev–Trinajstić information content (AvgIpc) is 3.16. The molecule has 9 atom stereocenters. The Labute approximate surface area is 216 Å². The minimum atomic E-state index is -2.34. The molecule has 0 bridgehead atoms. The van der Waals surface area contributed by atoms with Gasteiger partial charge in [-0.15, -0.1) is 0 Å². The number of aromatic hydroxyl groups is 1. The molecule has 8 N–H and O–H groups in total. The van der Waals surface area contributed by atoms with Crippen LogP contribution in [0.25, 0.3) is 6.08 Å². The number of hydrogen-bond acceptors (Lipinski definition) is 15. The minimum absolute atomic E-state index is 0.101. The van der Waals surface area contributed by atoms with Crippen molar-refractivity contribution in [2.24, 2.45) is 0 Å². The van der Waals surface area contributed by atoms with E-state index in [4.69, 9.17) is 28.4 Å². The highest BCUT2D eigenvalue weighted by atomic mass is 16.8. The van der Waals surface area contributed by atoms with Crippen LogP contribution in [-0.4, -0.2) is 136 Å². The van der Waals surface area contributed by atoms with Gasteiger partial charge in [-0.1, -0.05) is 0 Å².